The summed E-state index contributed by atoms with van der Waals surface area (Å²) in [7, 11) is 0. The fourth-order valence-corrected chi connectivity index (χ4v) is 0.405. The Balaban J connectivity index is 0. The number of hydrogen-bond acceptors (Lipinski definition) is 3. The van der Waals surface area contributed by atoms with Crippen LogP contribution in [0.1, 0.15) is 0 Å². The van der Waals surface area contributed by atoms with E-state index in [1.807, 2.05) is 6.26 Å². The molecule has 0 aliphatic carbocycles. The summed E-state index contributed by atoms with van der Waals surface area (Å²) >= 11 is 1.41. The van der Waals surface area contributed by atoms with Gasteiger partial charge in [0.15, 0.2) is 0 Å². The van der Waals surface area contributed by atoms with E-state index in [-0.39, 0.29) is 58.2 Å². The number of thioether (sulfide) groups is 1. The molecule has 0 radical (unpaired) electrons. The Morgan fingerprint density at radius 1 is 1.75 bits per heavy atom. The molecule has 0 spiro atoms. The molecule has 0 rings (SSSR count). The van der Waals surface area contributed by atoms with E-state index in [4.69, 9.17) is 11.6 Å². The normalized spacial score (nSPS) is 10.0. The molecule has 8 heavy (non-hydrogen) atoms. The zero-order valence-corrected chi connectivity index (χ0v) is 10.8. The summed E-state index contributed by atoms with van der Waals surface area (Å²) < 4.78 is 0. The molecule has 42 valence electrons. The van der Waals surface area contributed by atoms with Crippen LogP contribution in [-0.4, -0.2) is 6.26 Å². The van der Waals surface area contributed by atoms with Gasteiger partial charge in [0, 0.05) is 0 Å². The van der Waals surface area contributed by atoms with Gasteiger partial charge in [-0.15, -0.1) is 0 Å². The van der Waals surface area contributed by atoms with Crippen LogP contribution in [0.5, 0.6) is 0 Å². The Hall–Kier alpha value is 1.46. The van der Waals surface area contributed by atoms with Crippen LogP contribution in [0, 0.1) is 0 Å². The Kier molecular flexibility index (Phi) is 12.9. The Labute approximate surface area is 102 Å². The minimum Gasteiger partial charge on any atom is -0.619 e. The molecule has 4 N–H and O–H groups in total. The van der Waals surface area contributed by atoms with Gasteiger partial charge in [-0.25, -0.2) is 0 Å². The molecule has 3 nitrogen and oxygen atoms in total. The van der Waals surface area contributed by atoms with Gasteiger partial charge in [-0.05, 0) is 12.5 Å². The predicted octanol–water partition coefficient (Wildman–Crippen LogP) is -2.64. The van der Waals surface area contributed by atoms with Crippen LogP contribution >= 0.6 is 11.8 Å². The molecular formula is C3H8N3RbS. The second kappa shape index (κ2) is 8.46. The van der Waals surface area contributed by atoms with E-state index in [0.717, 1.165) is 0 Å². The quantitative estimate of drug-likeness (QED) is 0.381. The van der Waals surface area contributed by atoms with Crippen LogP contribution in [0.2, 0.25) is 0 Å². The van der Waals surface area contributed by atoms with Crippen molar-refractivity contribution in [3.05, 3.63) is 16.7 Å². The summed E-state index contributed by atoms with van der Waals surface area (Å²) in [6.07, 6.45) is 3.22. The summed E-state index contributed by atoms with van der Waals surface area (Å²) in [6, 6.07) is 0. The molecule has 0 fully saturated rings. The third-order valence-electron chi connectivity index (χ3n) is 0.479. The molecule has 0 saturated carbocycles. The Morgan fingerprint density at radius 3 is 2.25 bits per heavy atom. The molecule has 0 bridgehead atoms. The smallest absolute Gasteiger partial charge is 0.619 e. The van der Waals surface area contributed by atoms with Crippen LogP contribution in [0.15, 0.2) is 11.2 Å². The van der Waals surface area contributed by atoms with Gasteiger partial charge in [0.05, 0.1) is 0 Å². The first-order chi connectivity index (χ1) is 3.35. The van der Waals surface area contributed by atoms with Crippen molar-refractivity contribution >= 4 is 11.8 Å². The van der Waals surface area contributed by atoms with Crippen molar-refractivity contribution in [2.45, 2.75) is 0 Å². The van der Waals surface area contributed by atoms with Gasteiger partial charge in [0.1, 0.15) is 0 Å². The molecule has 0 unspecified atom stereocenters. The number of hydrogen-bond donors (Lipinski definition) is 2. The molecule has 0 heterocycles. The summed E-state index contributed by atoms with van der Waals surface area (Å²) in [5.74, 6) is 4.85. The fourth-order valence-electron chi connectivity index (χ4n) is 0.164. The van der Waals surface area contributed by atoms with Gasteiger partial charge in [0.2, 0.25) is 0 Å². The van der Waals surface area contributed by atoms with Crippen molar-refractivity contribution in [1.29, 1.82) is 0 Å². The van der Waals surface area contributed by atoms with Crippen LogP contribution in [0.3, 0.4) is 0 Å². The third kappa shape index (κ3) is 5.59. The zero-order chi connectivity index (χ0) is 5.70. The van der Waals surface area contributed by atoms with Crippen molar-refractivity contribution in [1.82, 2.24) is 0 Å². The minimum absolute atomic E-state index is 0. The van der Waals surface area contributed by atoms with Crippen molar-refractivity contribution in [2.24, 2.45) is 11.6 Å². The van der Waals surface area contributed by atoms with E-state index >= 15 is 0 Å². The summed E-state index contributed by atoms with van der Waals surface area (Å²) in [5.41, 5.74) is 8.36. The van der Waals surface area contributed by atoms with E-state index in [9.17, 15) is 0 Å². The molecule has 5 heteroatoms. The maximum absolute atomic E-state index is 5.04. The Bertz CT molecular complexity index is 68.9. The maximum atomic E-state index is 5.04. The number of nitrogens with zero attached hydrogens (tertiary/aromatic N) is 1. The van der Waals surface area contributed by atoms with Gasteiger partial charge in [-0.2, -0.15) is 11.8 Å². The number of rotatable bonds is 2. The van der Waals surface area contributed by atoms with E-state index in [2.05, 4.69) is 5.43 Å². The second-order valence-electron chi connectivity index (χ2n) is 0.838. The second-order valence-corrected chi connectivity index (χ2v) is 1.66. The largest absolute Gasteiger partial charge is 1.00 e. The first-order valence-electron chi connectivity index (χ1n) is 1.72. The average Bonchev–Trinajstić information content (AvgIpc) is 1.72. The minimum atomic E-state index is 0. The molecule has 0 saturated heterocycles. The summed E-state index contributed by atoms with van der Waals surface area (Å²) in [6.45, 7) is 0. The van der Waals surface area contributed by atoms with Crippen LogP contribution < -0.4 is 69.8 Å². The SMILES string of the molecule is CS/C(=C/N)[N-]N.[Rb+]. The molecule has 0 atom stereocenters. The topological polar surface area (TPSA) is 66.1 Å². The van der Waals surface area contributed by atoms with E-state index in [0.29, 0.717) is 5.03 Å². The summed E-state index contributed by atoms with van der Waals surface area (Å²) in [4.78, 5) is 0. The van der Waals surface area contributed by atoms with Crippen molar-refractivity contribution in [2.75, 3.05) is 6.26 Å². The third-order valence-corrected chi connectivity index (χ3v) is 1.14. The molecular weight excluding hydrogens is 196 g/mol. The molecule has 0 aromatic rings. The van der Waals surface area contributed by atoms with E-state index in [1.54, 1.807) is 0 Å². The predicted molar refractivity (Wildman–Crippen MR) is 33.3 cm³/mol. The number of nitrogens with two attached hydrogens (primary N) is 2. The van der Waals surface area contributed by atoms with Crippen molar-refractivity contribution in [3.8, 4) is 0 Å². The Morgan fingerprint density at radius 2 is 2.25 bits per heavy atom. The van der Waals surface area contributed by atoms with Crippen LogP contribution in [-0.2, 0) is 0 Å². The fraction of sp³-hybridized carbons (Fsp3) is 0.333. The molecule has 0 amide bonds. The van der Waals surface area contributed by atoms with Gasteiger partial charge < -0.3 is 17.0 Å². The van der Waals surface area contributed by atoms with E-state index in [1.165, 1.54) is 18.0 Å². The first-order valence-corrected chi connectivity index (χ1v) is 2.94. The van der Waals surface area contributed by atoms with E-state index < -0.39 is 0 Å². The van der Waals surface area contributed by atoms with Crippen molar-refractivity contribution < 1.29 is 58.2 Å². The first kappa shape index (κ1) is 12.2. The van der Waals surface area contributed by atoms with Gasteiger partial charge >= 0.3 is 58.2 Å². The summed E-state index contributed by atoms with van der Waals surface area (Å²) in [5, 5.41) is 0.653. The van der Waals surface area contributed by atoms with Crippen LogP contribution in [0.4, 0.5) is 0 Å². The molecule has 0 aliphatic heterocycles. The molecule has 0 aromatic carbocycles. The molecule has 0 aliphatic rings. The van der Waals surface area contributed by atoms with Gasteiger partial charge in [-0.1, -0.05) is 5.03 Å². The van der Waals surface area contributed by atoms with Gasteiger partial charge in [0.25, 0.3) is 0 Å². The van der Waals surface area contributed by atoms with Gasteiger partial charge in [-0.3, -0.25) is 0 Å². The van der Waals surface area contributed by atoms with Crippen LogP contribution in [0.25, 0.3) is 5.43 Å². The average molecular weight is 204 g/mol. The molecule has 0 aromatic heterocycles. The van der Waals surface area contributed by atoms with Crippen molar-refractivity contribution in [3.63, 3.8) is 0 Å². The monoisotopic (exact) mass is 203 g/mol. The maximum Gasteiger partial charge on any atom is 1.00 e. The zero-order valence-electron chi connectivity index (χ0n) is 5.09. The standard InChI is InChI=1S/C3H8N3S.Rb/c1-7-3(2-4)6-5;/h2H,4-5H2,1H3;/q-1;+1/b3-2+;.